The third kappa shape index (κ3) is 9.57. The molecule has 27 heavy (non-hydrogen) atoms. The summed E-state index contributed by atoms with van der Waals surface area (Å²) in [6.07, 6.45) is 1.10. The topological polar surface area (TPSA) is 157 Å². The summed E-state index contributed by atoms with van der Waals surface area (Å²) in [7, 11) is 0. The summed E-state index contributed by atoms with van der Waals surface area (Å²) in [5.74, 6) is -1.69. The van der Waals surface area contributed by atoms with Crippen molar-refractivity contribution in [1.82, 2.24) is 10.6 Å². The summed E-state index contributed by atoms with van der Waals surface area (Å²) in [5.41, 5.74) is 12.0. The Balaban J connectivity index is 2.27. The molecule has 2 atom stereocenters. The number of carboxylic acids is 1. The molecule has 0 saturated carbocycles. The number of benzene rings is 1. The molecular formula is C18H28N4O5. The number of unbranched alkanes of at least 4 members (excludes halogenated alkanes) is 1. The molecule has 2 amide bonds. The minimum absolute atomic E-state index is 0.132. The van der Waals surface area contributed by atoms with E-state index < -0.39 is 30.1 Å². The highest BCUT2D eigenvalue weighted by molar-refractivity contribution is 5.86. The van der Waals surface area contributed by atoms with Crippen LogP contribution in [0.4, 0.5) is 4.79 Å². The minimum atomic E-state index is -1.12. The molecule has 0 aliphatic carbocycles. The predicted octanol–water partition coefficient (Wildman–Crippen LogP) is 0.329. The van der Waals surface area contributed by atoms with Gasteiger partial charge in [0.1, 0.15) is 12.6 Å². The van der Waals surface area contributed by atoms with Crippen molar-refractivity contribution in [2.75, 3.05) is 13.1 Å². The third-order valence-corrected chi connectivity index (χ3v) is 3.84. The zero-order chi connectivity index (χ0) is 20.1. The van der Waals surface area contributed by atoms with Crippen LogP contribution in [0.2, 0.25) is 0 Å². The standard InChI is InChI=1S/C18H28N4O5/c19-10-5-4-8-15(17(24)25)22-16(23)14(20)9-11-21-18(26)27-12-13-6-2-1-3-7-13/h1-3,6-7,14-15H,4-5,8-12,19-20H2,(H,21,26)(H,22,23)(H,24,25)/t14-,15-/m0/s1. The molecule has 0 radical (unpaired) electrons. The van der Waals surface area contributed by atoms with Gasteiger partial charge in [-0.25, -0.2) is 9.59 Å². The molecule has 1 aromatic carbocycles. The largest absolute Gasteiger partial charge is 0.480 e. The van der Waals surface area contributed by atoms with Crippen molar-refractivity contribution in [2.45, 2.75) is 44.4 Å². The molecule has 9 heteroatoms. The van der Waals surface area contributed by atoms with Gasteiger partial charge >= 0.3 is 12.1 Å². The molecule has 0 aliphatic heterocycles. The number of carbonyl (C=O) groups excluding carboxylic acids is 2. The van der Waals surface area contributed by atoms with Crippen molar-refractivity contribution in [1.29, 1.82) is 0 Å². The van der Waals surface area contributed by atoms with E-state index in [9.17, 15) is 14.4 Å². The number of ether oxygens (including phenoxy) is 1. The molecule has 0 bridgehead atoms. The lowest BCUT2D eigenvalue weighted by Gasteiger charge is -2.18. The number of carboxylic acid groups (broad SMARTS) is 1. The summed E-state index contributed by atoms with van der Waals surface area (Å²) in [6.45, 7) is 0.737. The lowest BCUT2D eigenvalue weighted by molar-refractivity contribution is -0.142. The van der Waals surface area contributed by atoms with Crippen LogP contribution in [0.25, 0.3) is 0 Å². The lowest BCUT2D eigenvalue weighted by Crippen LogP contribution is -2.49. The van der Waals surface area contributed by atoms with Crippen LogP contribution in [0, 0.1) is 0 Å². The van der Waals surface area contributed by atoms with Crippen LogP contribution in [0.5, 0.6) is 0 Å². The fraction of sp³-hybridized carbons (Fsp3) is 0.500. The first-order valence-corrected chi connectivity index (χ1v) is 8.87. The van der Waals surface area contributed by atoms with E-state index in [1.54, 1.807) is 0 Å². The summed E-state index contributed by atoms with van der Waals surface area (Å²) in [6, 6.07) is 7.28. The summed E-state index contributed by atoms with van der Waals surface area (Å²) in [4.78, 5) is 34.8. The monoisotopic (exact) mass is 380 g/mol. The van der Waals surface area contributed by atoms with Crippen molar-refractivity contribution < 1.29 is 24.2 Å². The SMILES string of the molecule is NCCCC[C@H](NC(=O)[C@@H](N)CCNC(=O)OCc1ccccc1)C(=O)O. The Bertz CT molecular complexity index is 597. The van der Waals surface area contributed by atoms with E-state index in [2.05, 4.69) is 10.6 Å². The van der Waals surface area contributed by atoms with Crippen molar-refractivity contribution in [3.05, 3.63) is 35.9 Å². The van der Waals surface area contributed by atoms with Crippen molar-refractivity contribution >= 4 is 18.0 Å². The van der Waals surface area contributed by atoms with Gasteiger partial charge in [0.25, 0.3) is 0 Å². The Morgan fingerprint density at radius 3 is 2.44 bits per heavy atom. The zero-order valence-corrected chi connectivity index (χ0v) is 15.2. The highest BCUT2D eigenvalue weighted by atomic mass is 16.5. The van der Waals surface area contributed by atoms with Crippen LogP contribution < -0.4 is 22.1 Å². The van der Waals surface area contributed by atoms with Crippen LogP contribution in [0.3, 0.4) is 0 Å². The summed E-state index contributed by atoms with van der Waals surface area (Å²) < 4.78 is 5.04. The Morgan fingerprint density at radius 1 is 1.11 bits per heavy atom. The average Bonchev–Trinajstić information content (AvgIpc) is 2.66. The second-order valence-electron chi connectivity index (χ2n) is 6.07. The first kappa shape index (κ1) is 22.4. The Labute approximate surface area is 158 Å². The fourth-order valence-electron chi connectivity index (χ4n) is 2.26. The molecule has 1 aromatic rings. The maximum Gasteiger partial charge on any atom is 0.407 e. The number of nitrogens with one attached hydrogen (secondary N) is 2. The van der Waals surface area contributed by atoms with Gasteiger partial charge in [-0.15, -0.1) is 0 Å². The summed E-state index contributed by atoms with van der Waals surface area (Å²) >= 11 is 0. The van der Waals surface area contributed by atoms with E-state index in [-0.39, 0.29) is 26.0 Å². The van der Waals surface area contributed by atoms with E-state index in [1.807, 2.05) is 30.3 Å². The number of nitrogens with two attached hydrogens (primary N) is 2. The average molecular weight is 380 g/mol. The second kappa shape index (κ2) is 12.7. The van der Waals surface area contributed by atoms with Crippen molar-refractivity contribution in [2.24, 2.45) is 11.5 Å². The fourth-order valence-corrected chi connectivity index (χ4v) is 2.26. The molecule has 0 aliphatic rings. The van der Waals surface area contributed by atoms with E-state index >= 15 is 0 Å². The first-order chi connectivity index (χ1) is 12.9. The van der Waals surface area contributed by atoms with Gasteiger partial charge in [-0.05, 0) is 37.8 Å². The molecule has 0 fully saturated rings. The van der Waals surface area contributed by atoms with Gasteiger partial charge in [0.2, 0.25) is 5.91 Å². The number of alkyl carbamates (subject to hydrolysis) is 1. The Morgan fingerprint density at radius 2 is 1.81 bits per heavy atom. The molecule has 0 saturated heterocycles. The molecule has 0 heterocycles. The Kier molecular flexibility index (Phi) is 10.5. The Hall–Kier alpha value is -2.65. The van der Waals surface area contributed by atoms with Crippen molar-refractivity contribution in [3.8, 4) is 0 Å². The number of hydrogen-bond donors (Lipinski definition) is 5. The molecule has 7 N–H and O–H groups in total. The van der Waals surface area contributed by atoms with Crippen LogP contribution >= 0.6 is 0 Å². The van der Waals surface area contributed by atoms with Crippen LogP contribution in [0.15, 0.2) is 30.3 Å². The van der Waals surface area contributed by atoms with Gasteiger partial charge in [-0.1, -0.05) is 30.3 Å². The predicted molar refractivity (Wildman–Crippen MR) is 99.7 cm³/mol. The number of hydrogen-bond acceptors (Lipinski definition) is 6. The number of carbonyl (C=O) groups is 3. The lowest BCUT2D eigenvalue weighted by atomic mass is 10.1. The number of rotatable bonds is 12. The minimum Gasteiger partial charge on any atom is -0.480 e. The summed E-state index contributed by atoms with van der Waals surface area (Å²) in [5, 5.41) is 14.1. The smallest absolute Gasteiger partial charge is 0.407 e. The third-order valence-electron chi connectivity index (χ3n) is 3.84. The van der Waals surface area contributed by atoms with Gasteiger partial charge in [0.05, 0.1) is 6.04 Å². The highest BCUT2D eigenvalue weighted by Gasteiger charge is 2.22. The van der Waals surface area contributed by atoms with E-state index in [1.165, 1.54) is 0 Å². The molecule has 1 rings (SSSR count). The zero-order valence-electron chi connectivity index (χ0n) is 15.2. The van der Waals surface area contributed by atoms with Gasteiger partial charge in [0, 0.05) is 6.54 Å². The molecule has 150 valence electrons. The van der Waals surface area contributed by atoms with E-state index in [0.717, 1.165) is 5.56 Å². The van der Waals surface area contributed by atoms with Crippen LogP contribution in [-0.2, 0) is 20.9 Å². The number of amides is 2. The van der Waals surface area contributed by atoms with Crippen molar-refractivity contribution in [3.63, 3.8) is 0 Å². The van der Waals surface area contributed by atoms with Gasteiger partial charge < -0.3 is 31.9 Å². The number of aliphatic carboxylic acids is 1. The first-order valence-electron chi connectivity index (χ1n) is 8.87. The quantitative estimate of drug-likeness (QED) is 0.327. The van der Waals surface area contributed by atoms with Gasteiger partial charge in [-0.2, -0.15) is 0 Å². The van der Waals surface area contributed by atoms with E-state index in [0.29, 0.717) is 19.4 Å². The molecule has 0 unspecified atom stereocenters. The second-order valence-corrected chi connectivity index (χ2v) is 6.07. The maximum absolute atomic E-state index is 12.0. The maximum atomic E-state index is 12.0. The molecule has 9 nitrogen and oxygen atoms in total. The van der Waals surface area contributed by atoms with Gasteiger partial charge in [-0.3, -0.25) is 4.79 Å². The molecule has 0 aromatic heterocycles. The highest BCUT2D eigenvalue weighted by Crippen LogP contribution is 2.02. The molecule has 0 spiro atoms. The van der Waals surface area contributed by atoms with Gasteiger partial charge in [0.15, 0.2) is 0 Å². The van der Waals surface area contributed by atoms with Crippen LogP contribution in [0.1, 0.15) is 31.2 Å². The van der Waals surface area contributed by atoms with E-state index in [4.69, 9.17) is 21.3 Å². The molecular weight excluding hydrogens is 352 g/mol. The normalized spacial score (nSPS) is 12.7. The van der Waals surface area contributed by atoms with Crippen LogP contribution in [-0.4, -0.2) is 48.2 Å².